The van der Waals surface area contributed by atoms with Crippen LogP contribution in [0.1, 0.15) is 44.5 Å². The van der Waals surface area contributed by atoms with Crippen LogP contribution in [0.25, 0.3) is 22.0 Å². The molecule has 3 aromatic rings. The number of nitrogens with zero attached hydrogens (tertiary/aromatic N) is 2. The lowest BCUT2D eigenvalue weighted by Gasteiger charge is -2.10. The number of aliphatic carboxylic acids is 1. The highest BCUT2D eigenvalue weighted by Gasteiger charge is 2.16. The van der Waals surface area contributed by atoms with Gasteiger partial charge in [0, 0.05) is 29.1 Å². The molecule has 3 rings (SSSR count). The third-order valence-electron chi connectivity index (χ3n) is 5.49. The summed E-state index contributed by atoms with van der Waals surface area (Å²) in [6.45, 7) is 10.1. The van der Waals surface area contributed by atoms with Crippen LogP contribution in [0.2, 0.25) is 0 Å². The van der Waals surface area contributed by atoms with Crippen molar-refractivity contribution in [3.05, 3.63) is 83.8 Å². The Morgan fingerprint density at radius 2 is 1.94 bits per heavy atom. The number of benzene rings is 2. The van der Waals surface area contributed by atoms with E-state index in [2.05, 4.69) is 26.5 Å². The first-order chi connectivity index (χ1) is 16.3. The lowest BCUT2D eigenvalue weighted by atomic mass is 10.0. The number of phenols is 1. The Balaban J connectivity index is 2.06. The Morgan fingerprint density at radius 1 is 1.24 bits per heavy atom. The van der Waals surface area contributed by atoms with E-state index in [-0.39, 0.29) is 31.4 Å². The van der Waals surface area contributed by atoms with Crippen molar-refractivity contribution < 1.29 is 19.7 Å². The van der Waals surface area contributed by atoms with E-state index in [1.54, 1.807) is 18.2 Å². The second kappa shape index (κ2) is 10.9. The van der Waals surface area contributed by atoms with Crippen molar-refractivity contribution in [1.82, 2.24) is 9.78 Å². The van der Waals surface area contributed by atoms with Gasteiger partial charge in [0.15, 0.2) is 0 Å². The highest BCUT2D eigenvalue weighted by molar-refractivity contribution is 5.87. The monoisotopic (exact) mass is 461 g/mol. The predicted octanol–water partition coefficient (Wildman–Crippen LogP) is 5.46. The fourth-order valence-electron chi connectivity index (χ4n) is 3.78. The molecule has 0 unspecified atom stereocenters. The van der Waals surface area contributed by atoms with E-state index in [1.165, 1.54) is 6.08 Å². The molecule has 0 atom stereocenters. The van der Waals surface area contributed by atoms with Crippen LogP contribution in [-0.4, -0.2) is 26.0 Å². The molecule has 0 aliphatic carbocycles. The Hall–Kier alpha value is -3.84. The molecule has 1 aromatic heterocycles. The van der Waals surface area contributed by atoms with Crippen molar-refractivity contribution in [1.29, 1.82) is 0 Å². The summed E-state index contributed by atoms with van der Waals surface area (Å²) in [6.07, 6.45) is 4.85. The average molecular weight is 462 g/mol. The molecule has 0 amide bonds. The topological polar surface area (TPSA) is 111 Å². The molecule has 7 heteroatoms. The number of fused-ring (bicyclic) bond motifs is 1. The molecule has 0 spiro atoms. The molecule has 7 nitrogen and oxygen atoms in total. The van der Waals surface area contributed by atoms with Crippen molar-refractivity contribution in [3.63, 3.8) is 0 Å². The largest absolute Gasteiger partial charge is 0.508 e. The van der Waals surface area contributed by atoms with Crippen molar-refractivity contribution >= 4 is 16.9 Å². The molecule has 2 aromatic carbocycles. The summed E-state index contributed by atoms with van der Waals surface area (Å²) in [5.74, 6) is -0.323. The van der Waals surface area contributed by atoms with Gasteiger partial charge in [-0.3, -0.25) is 9.48 Å². The first-order valence-corrected chi connectivity index (χ1v) is 11.1. The summed E-state index contributed by atoms with van der Waals surface area (Å²) in [6, 6.07) is 11.6. The van der Waals surface area contributed by atoms with E-state index >= 15 is 0 Å². The smallest absolute Gasteiger partial charge is 0.307 e. The number of carbonyl (C=O) groups is 1. The van der Waals surface area contributed by atoms with E-state index in [0.29, 0.717) is 16.9 Å². The van der Waals surface area contributed by atoms with E-state index in [4.69, 9.17) is 15.6 Å². The summed E-state index contributed by atoms with van der Waals surface area (Å²) in [5.41, 5.74) is 10.6. The van der Waals surface area contributed by atoms with E-state index in [1.807, 2.05) is 35.9 Å². The summed E-state index contributed by atoms with van der Waals surface area (Å²) < 4.78 is 8.00. The van der Waals surface area contributed by atoms with Crippen LogP contribution in [0.5, 0.6) is 5.75 Å². The van der Waals surface area contributed by atoms with Gasteiger partial charge < -0.3 is 20.7 Å². The zero-order chi connectivity index (χ0) is 24.8. The minimum absolute atomic E-state index is 0.140. The van der Waals surface area contributed by atoms with Gasteiger partial charge in [0.2, 0.25) is 0 Å². The number of carboxylic acids is 1. The first kappa shape index (κ1) is 24.8. The van der Waals surface area contributed by atoms with Crippen molar-refractivity contribution in [2.24, 2.45) is 5.73 Å². The van der Waals surface area contributed by atoms with E-state index in [9.17, 15) is 15.0 Å². The number of ether oxygens (including phenoxy) is 1. The minimum Gasteiger partial charge on any atom is -0.508 e. The maximum Gasteiger partial charge on any atom is 0.307 e. The molecule has 4 N–H and O–H groups in total. The zero-order valence-electron chi connectivity index (χ0n) is 19.8. The van der Waals surface area contributed by atoms with Crippen LogP contribution in [0.15, 0.2) is 72.5 Å². The number of nitrogens with two attached hydrogens (primary N) is 1. The molecule has 0 aliphatic heterocycles. The Bertz CT molecular complexity index is 1270. The standard InChI is InChI=1S/C27H31N3O4/c1-5-7-26(18(6-2)14-27(32)33)34-16-23-22-13-20(8-10-24(22)30(29-23)17(3)4)19-9-11-25(31)21(12-19)15-28/h5-13,17,31H,2,14-16,28H2,1,3-4H3,(H,32,33)/b7-5-,26-18-. The zero-order valence-corrected chi connectivity index (χ0v) is 19.8. The highest BCUT2D eigenvalue weighted by atomic mass is 16.5. The van der Waals surface area contributed by atoms with Gasteiger partial charge in [-0.25, -0.2) is 0 Å². The number of carboxylic acid groups (broad SMARTS) is 1. The number of hydrogen-bond donors (Lipinski definition) is 3. The van der Waals surface area contributed by atoms with E-state index < -0.39 is 5.97 Å². The lowest BCUT2D eigenvalue weighted by Crippen LogP contribution is -2.04. The van der Waals surface area contributed by atoms with Crippen LogP contribution in [0, 0.1) is 0 Å². The molecule has 178 valence electrons. The van der Waals surface area contributed by atoms with Crippen LogP contribution in [-0.2, 0) is 22.7 Å². The van der Waals surface area contributed by atoms with Crippen molar-refractivity contribution in [2.45, 2.75) is 46.4 Å². The summed E-state index contributed by atoms with van der Waals surface area (Å²) in [5, 5.41) is 24.9. The van der Waals surface area contributed by atoms with Gasteiger partial charge in [-0.1, -0.05) is 30.9 Å². The SMILES string of the molecule is C=C/C(CC(=O)O)=C(\C=C/C)OCc1nn(C(C)C)c2ccc(-c3ccc(O)c(CN)c3)cc12. The van der Waals surface area contributed by atoms with Crippen molar-refractivity contribution in [3.8, 4) is 16.9 Å². The maximum atomic E-state index is 11.2. The summed E-state index contributed by atoms with van der Waals surface area (Å²) in [4.78, 5) is 11.2. The van der Waals surface area contributed by atoms with Crippen LogP contribution >= 0.6 is 0 Å². The molecular formula is C27H31N3O4. The van der Waals surface area contributed by atoms with Crippen molar-refractivity contribution in [2.75, 3.05) is 0 Å². The number of phenolic OH excluding ortho intramolecular Hbond substituents is 1. The van der Waals surface area contributed by atoms with Gasteiger partial charge in [0.1, 0.15) is 23.8 Å². The van der Waals surface area contributed by atoms with Gasteiger partial charge in [-0.15, -0.1) is 0 Å². The van der Waals surface area contributed by atoms with Gasteiger partial charge >= 0.3 is 5.97 Å². The minimum atomic E-state index is -0.953. The third-order valence-corrected chi connectivity index (χ3v) is 5.49. The van der Waals surface area contributed by atoms with E-state index in [0.717, 1.165) is 27.7 Å². The summed E-state index contributed by atoms with van der Waals surface area (Å²) >= 11 is 0. The molecule has 0 fully saturated rings. The summed E-state index contributed by atoms with van der Waals surface area (Å²) in [7, 11) is 0. The quantitative estimate of drug-likeness (QED) is 0.273. The predicted molar refractivity (Wildman–Crippen MR) is 134 cm³/mol. The molecule has 1 heterocycles. The second-order valence-corrected chi connectivity index (χ2v) is 8.22. The molecule has 0 saturated heterocycles. The fraction of sp³-hybridized carbons (Fsp3) is 0.259. The Kier molecular flexibility index (Phi) is 7.91. The molecule has 0 aliphatic rings. The first-order valence-electron chi connectivity index (χ1n) is 11.1. The number of hydrogen-bond acceptors (Lipinski definition) is 5. The average Bonchev–Trinajstić information content (AvgIpc) is 3.18. The highest BCUT2D eigenvalue weighted by Crippen LogP contribution is 2.31. The van der Waals surface area contributed by atoms with Gasteiger partial charge in [0.25, 0.3) is 0 Å². The molecule has 0 radical (unpaired) electrons. The van der Waals surface area contributed by atoms with Gasteiger partial charge in [-0.05, 0) is 62.2 Å². The molecule has 34 heavy (non-hydrogen) atoms. The van der Waals surface area contributed by atoms with Crippen LogP contribution < -0.4 is 5.73 Å². The second-order valence-electron chi connectivity index (χ2n) is 8.22. The fourth-order valence-corrected chi connectivity index (χ4v) is 3.78. The molecule has 0 bridgehead atoms. The van der Waals surface area contributed by atoms with Crippen LogP contribution in [0.3, 0.4) is 0 Å². The van der Waals surface area contributed by atoms with Crippen LogP contribution in [0.4, 0.5) is 0 Å². The normalized spacial score (nSPS) is 12.4. The number of allylic oxidation sites excluding steroid dienone is 3. The van der Waals surface area contributed by atoms with Gasteiger partial charge in [-0.2, -0.15) is 5.10 Å². The third kappa shape index (κ3) is 5.38. The Morgan fingerprint density at radius 3 is 2.56 bits per heavy atom. The molecular weight excluding hydrogens is 430 g/mol. The lowest BCUT2D eigenvalue weighted by molar-refractivity contribution is -0.136. The number of rotatable bonds is 10. The van der Waals surface area contributed by atoms with Gasteiger partial charge in [0.05, 0.1) is 11.9 Å². The number of aromatic hydroxyl groups is 1. The molecule has 0 saturated carbocycles. The number of aromatic nitrogens is 2. The maximum absolute atomic E-state index is 11.2. The Labute approximate surface area is 199 Å².